The Labute approximate surface area is 160 Å². The average Bonchev–Trinajstić information content (AvgIpc) is 3.11. The van der Waals surface area contributed by atoms with Crippen LogP contribution in [0.4, 0.5) is 0 Å². The number of hydrogen-bond donors (Lipinski definition) is 2. The molecule has 1 saturated heterocycles. The van der Waals surface area contributed by atoms with Gasteiger partial charge < -0.3 is 24.6 Å². The van der Waals surface area contributed by atoms with Crippen LogP contribution in [-0.2, 0) is 14.3 Å². The summed E-state index contributed by atoms with van der Waals surface area (Å²) in [6.45, 7) is 7.19. The first-order valence-electron chi connectivity index (χ1n) is 9.27. The molecule has 2 atom stereocenters. The second-order valence-corrected chi connectivity index (χ2v) is 7.58. The zero-order valence-corrected chi connectivity index (χ0v) is 16.2. The Bertz CT molecular complexity index is 616. The number of benzene rings is 1. The molecule has 1 amide bonds. The molecule has 0 saturated carbocycles. The lowest BCUT2D eigenvalue weighted by molar-refractivity contribution is -0.140. The van der Waals surface area contributed by atoms with Crippen LogP contribution in [0.5, 0.6) is 5.75 Å². The Morgan fingerprint density at radius 1 is 1.30 bits per heavy atom. The standard InChI is InChI=1S/C20H29NO6/c1-20(2,3)27-12-10-17(19(23)24)21-18(22)14-6-8-15(9-7-14)26-13-16-5-4-11-25-16/h6-9,16-17H,4-5,10-13H2,1-3H3,(H,21,22)(H,23,24). The van der Waals surface area contributed by atoms with Crippen LogP contribution in [-0.4, -0.2) is 54.6 Å². The second kappa shape index (κ2) is 9.71. The van der Waals surface area contributed by atoms with Gasteiger partial charge in [-0.1, -0.05) is 0 Å². The summed E-state index contributed by atoms with van der Waals surface area (Å²) in [5, 5.41) is 11.9. The molecule has 1 heterocycles. The van der Waals surface area contributed by atoms with Crippen molar-refractivity contribution in [1.29, 1.82) is 0 Å². The lowest BCUT2D eigenvalue weighted by Crippen LogP contribution is -2.42. The van der Waals surface area contributed by atoms with Crippen LogP contribution in [0.15, 0.2) is 24.3 Å². The minimum atomic E-state index is -1.09. The first-order valence-corrected chi connectivity index (χ1v) is 9.27. The zero-order chi connectivity index (χ0) is 19.9. The topological polar surface area (TPSA) is 94.1 Å². The molecular weight excluding hydrogens is 350 g/mol. The van der Waals surface area contributed by atoms with Crippen LogP contribution < -0.4 is 10.1 Å². The predicted molar refractivity (Wildman–Crippen MR) is 100 cm³/mol. The molecule has 1 aromatic carbocycles. The van der Waals surface area contributed by atoms with Crippen molar-refractivity contribution < 1.29 is 28.9 Å². The minimum Gasteiger partial charge on any atom is -0.491 e. The van der Waals surface area contributed by atoms with Gasteiger partial charge in [-0.3, -0.25) is 4.79 Å². The van der Waals surface area contributed by atoms with E-state index in [9.17, 15) is 14.7 Å². The summed E-state index contributed by atoms with van der Waals surface area (Å²) in [6, 6.07) is 5.62. The van der Waals surface area contributed by atoms with Crippen molar-refractivity contribution in [3.63, 3.8) is 0 Å². The van der Waals surface area contributed by atoms with E-state index in [4.69, 9.17) is 14.2 Å². The summed E-state index contributed by atoms with van der Waals surface area (Å²) in [6.07, 6.45) is 2.37. The Hall–Kier alpha value is -2.12. The number of carbonyl (C=O) groups is 2. The third-order valence-corrected chi connectivity index (χ3v) is 4.12. The molecule has 2 rings (SSSR count). The summed E-state index contributed by atoms with van der Waals surface area (Å²) in [5.74, 6) is -0.878. The number of hydrogen-bond acceptors (Lipinski definition) is 5. The van der Waals surface area contributed by atoms with Crippen molar-refractivity contribution >= 4 is 11.9 Å². The van der Waals surface area contributed by atoms with E-state index in [1.165, 1.54) is 0 Å². The molecule has 7 nitrogen and oxygen atoms in total. The van der Waals surface area contributed by atoms with E-state index < -0.39 is 17.9 Å². The smallest absolute Gasteiger partial charge is 0.326 e. The minimum absolute atomic E-state index is 0.125. The van der Waals surface area contributed by atoms with Crippen LogP contribution in [0.2, 0.25) is 0 Å². The van der Waals surface area contributed by atoms with Crippen molar-refractivity contribution in [2.75, 3.05) is 19.8 Å². The maximum Gasteiger partial charge on any atom is 0.326 e. The molecule has 1 aliphatic rings. The van der Waals surface area contributed by atoms with Gasteiger partial charge in [-0.05, 0) is 57.9 Å². The molecule has 0 bridgehead atoms. The lowest BCUT2D eigenvalue weighted by Gasteiger charge is -2.21. The molecule has 0 aliphatic carbocycles. The number of amides is 1. The predicted octanol–water partition coefficient (Wildman–Crippen LogP) is 2.63. The van der Waals surface area contributed by atoms with Crippen LogP contribution in [0.1, 0.15) is 50.4 Å². The Kier molecular flexibility index (Phi) is 7.62. The summed E-state index contributed by atoms with van der Waals surface area (Å²) < 4.78 is 16.7. The third-order valence-electron chi connectivity index (χ3n) is 4.12. The first-order chi connectivity index (χ1) is 12.7. The van der Waals surface area contributed by atoms with E-state index in [0.717, 1.165) is 19.4 Å². The number of ether oxygens (including phenoxy) is 3. The molecule has 1 aliphatic heterocycles. The van der Waals surface area contributed by atoms with Crippen LogP contribution in [0.25, 0.3) is 0 Å². The van der Waals surface area contributed by atoms with E-state index in [-0.39, 0.29) is 24.7 Å². The van der Waals surface area contributed by atoms with Gasteiger partial charge in [0.15, 0.2) is 0 Å². The highest BCUT2D eigenvalue weighted by Gasteiger charge is 2.22. The number of nitrogens with one attached hydrogen (secondary N) is 1. The second-order valence-electron chi connectivity index (χ2n) is 7.58. The van der Waals surface area contributed by atoms with Crippen LogP contribution >= 0.6 is 0 Å². The fourth-order valence-corrected chi connectivity index (χ4v) is 2.65. The summed E-state index contributed by atoms with van der Waals surface area (Å²) >= 11 is 0. The van der Waals surface area contributed by atoms with Gasteiger partial charge in [-0.15, -0.1) is 0 Å². The van der Waals surface area contributed by atoms with Crippen molar-refractivity contribution in [1.82, 2.24) is 5.32 Å². The number of rotatable bonds is 9. The van der Waals surface area contributed by atoms with Gasteiger partial charge in [-0.25, -0.2) is 4.79 Å². The van der Waals surface area contributed by atoms with Gasteiger partial charge in [0, 0.05) is 25.2 Å². The van der Waals surface area contributed by atoms with E-state index in [0.29, 0.717) is 17.9 Å². The molecule has 0 radical (unpaired) electrons. The zero-order valence-electron chi connectivity index (χ0n) is 16.2. The average molecular weight is 379 g/mol. The first kappa shape index (κ1) is 21.2. The number of aliphatic carboxylic acids is 1. The lowest BCUT2D eigenvalue weighted by atomic mass is 10.1. The van der Waals surface area contributed by atoms with Gasteiger partial charge in [0.2, 0.25) is 0 Å². The molecule has 0 spiro atoms. The molecule has 0 aromatic heterocycles. The van der Waals surface area contributed by atoms with E-state index in [1.54, 1.807) is 24.3 Å². The van der Waals surface area contributed by atoms with Crippen LogP contribution in [0, 0.1) is 0 Å². The van der Waals surface area contributed by atoms with Crippen LogP contribution in [0.3, 0.4) is 0 Å². The largest absolute Gasteiger partial charge is 0.491 e. The number of carboxylic acid groups (broad SMARTS) is 1. The van der Waals surface area contributed by atoms with E-state index in [2.05, 4.69) is 5.32 Å². The highest BCUT2D eigenvalue weighted by molar-refractivity contribution is 5.96. The van der Waals surface area contributed by atoms with Crippen molar-refractivity contribution in [2.45, 2.75) is 57.8 Å². The fourth-order valence-electron chi connectivity index (χ4n) is 2.65. The Morgan fingerprint density at radius 2 is 2.00 bits per heavy atom. The Morgan fingerprint density at radius 3 is 2.56 bits per heavy atom. The monoisotopic (exact) mass is 379 g/mol. The van der Waals surface area contributed by atoms with Gasteiger partial charge >= 0.3 is 5.97 Å². The highest BCUT2D eigenvalue weighted by atomic mass is 16.5. The summed E-state index contributed by atoms with van der Waals surface area (Å²) in [4.78, 5) is 23.7. The van der Waals surface area contributed by atoms with E-state index >= 15 is 0 Å². The van der Waals surface area contributed by atoms with Gasteiger partial charge in [-0.2, -0.15) is 0 Å². The number of carbonyl (C=O) groups excluding carboxylic acids is 1. The summed E-state index contributed by atoms with van der Waals surface area (Å²) in [7, 11) is 0. The molecule has 2 unspecified atom stereocenters. The SMILES string of the molecule is CC(C)(C)OCCC(NC(=O)c1ccc(OCC2CCCO2)cc1)C(=O)O. The maximum absolute atomic E-state index is 12.3. The van der Waals surface area contributed by atoms with Crippen molar-refractivity contribution in [3.05, 3.63) is 29.8 Å². The maximum atomic E-state index is 12.3. The molecule has 1 fully saturated rings. The van der Waals surface area contributed by atoms with Crippen molar-refractivity contribution in [2.24, 2.45) is 0 Å². The molecule has 2 N–H and O–H groups in total. The van der Waals surface area contributed by atoms with Crippen molar-refractivity contribution in [3.8, 4) is 5.75 Å². The normalized spacial score (nSPS) is 18.1. The number of carboxylic acids is 1. The molecule has 150 valence electrons. The quantitative estimate of drug-likeness (QED) is 0.685. The van der Waals surface area contributed by atoms with Gasteiger partial charge in [0.05, 0.1) is 11.7 Å². The van der Waals surface area contributed by atoms with Gasteiger partial charge in [0.25, 0.3) is 5.91 Å². The molecular formula is C20H29NO6. The Balaban J connectivity index is 1.84. The molecule has 27 heavy (non-hydrogen) atoms. The molecule has 1 aromatic rings. The van der Waals surface area contributed by atoms with Gasteiger partial charge in [0.1, 0.15) is 18.4 Å². The van der Waals surface area contributed by atoms with E-state index in [1.807, 2.05) is 20.8 Å². The highest BCUT2D eigenvalue weighted by Crippen LogP contribution is 2.17. The third kappa shape index (κ3) is 7.56. The molecule has 7 heteroatoms. The fraction of sp³-hybridized carbons (Fsp3) is 0.600. The summed E-state index contributed by atoms with van der Waals surface area (Å²) in [5.41, 5.74) is 0.0225.